The van der Waals surface area contributed by atoms with Gasteiger partial charge >= 0.3 is 0 Å². The maximum absolute atomic E-state index is 5.36. The molecule has 0 aromatic carbocycles. The van der Waals surface area contributed by atoms with Crippen molar-refractivity contribution in [1.82, 2.24) is 5.32 Å². The van der Waals surface area contributed by atoms with E-state index in [9.17, 15) is 0 Å². The summed E-state index contributed by atoms with van der Waals surface area (Å²) in [5, 5.41) is 3.52. The van der Waals surface area contributed by atoms with Gasteiger partial charge in [-0.25, -0.2) is 0 Å². The second kappa shape index (κ2) is 2.76. The lowest BCUT2D eigenvalue weighted by atomic mass is 9.78. The van der Waals surface area contributed by atoms with Crippen molar-refractivity contribution in [3.8, 4) is 0 Å². The summed E-state index contributed by atoms with van der Waals surface area (Å²) in [5.41, 5.74) is 0.609. The lowest BCUT2D eigenvalue weighted by molar-refractivity contribution is 0.0236. The molecule has 2 aliphatic heterocycles. The average molecular weight is 155 g/mol. The van der Waals surface area contributed by atoms with E-state index in [1.54, 1.807) is 0 Å². The van der Waals surface area contributed by atoms with Crippen LogP contribution in [0.2, 0.25) is 0 Å². The van der Waals surface area contributed by atoms with E-state index in [1.165, 1.54) is 25.8 Å². The molecule has 0 aromatic heterocycles. The topological polar surface area (TPSA) is 21.3 Å². The number of hydrogen-bond acceptors (Lipinski definition) is 2. The van der Waals surface area contributed by atoms with Gasteiger partial charge in [-0.3, -0.25) is 0 Å². The number of ether oxygens (including phenoxy) is 1. The van der Waals surface area contributed by atoms with E-state index in [-0.39, 0.29) is 0 Å². The summed E-state index contributed by atoms with van der Waals surface area (Å²) < 4.78 is 5.36. The van der Waals surface area contributed by atoms with Gasteiger partial charge in [0.1, 0.15) is 0 Å². The molecule has 0 aromatic rings. The van der Waals surface area contributed by atoms with Crippen LogP contribution < -0.4 is 5.32 Å². The standard InChI is InChI=1S/C9H17NO/c1-8-6-9(7-10-8)2-4-11-5-3-9/h8,10H,2-7H2,1H3/t8-/m1/s1. The van der Waals surface area contributed by atoms with Crippen molar-refractivity contribution < 1.29 is 4.74 Å². The van der Waals surface area contributed by atoms with E-state index in [2.05, 4.69) is 12.2 Å². The summed E-state index contributed by atoms with van der Waals surface area (Å²) in [7, 11) is 0. The molecular weight excluding hydrogens is 138 g/mol. The molecule has 0 saturated carbocycles. The summed E-state index contributed by atoms with van der Waals surface area (Å²) in [4.78, 5) is 0. The minimum absolute atomic E-state index is 0.609. The van der Waals surface area contributed by atoms with Gasteiger partial charge in [-0.15, -0.1) is 0 Å². The second-order valence-electron chi connectivity index (χ2n) is 4.10. The first-order valence-corrected chi connectivity index (χ1v) is 4.62. The summed E-state index contributed by atoms with van der Waals surface area (Å²) in [6.07, 6.45) is 3.89. The number of nitrogens with one attached hydrogen (secondary N) is 1. The quantitative estimate of drug-likeness (QED) is 0.567. The highest BCUT2D eigenvalue weighted by Gasteiger charge is 2.38. The smallest absolute Gasteiger partial charge is 0.0471 e. The molecule has 11 heavy (non-hydrogen) atoms. The summed E-state index contributed by atoms with van der Waals surface area (Å²) in [6.45, 7) is 5.46. The molecule has 0 amide bonds. The Morgan fingerprint density at radius 2 is 2.09 bits per heavy atom. The van der Waals surface area contributed by atoms with Gasteiger partial charge in [0, 0.05) is 25.8 Å². The third-order valence-corrected chi connectivity index (χ3v) is 3.12. The van der Waals surface area contributed by atoms with Crippen LogP contribution in [0, 0.1) is 5.41 Å². The molecule has 0 radical (unpaired) electrons. The second-order valence-corrected chi connectivity index (χ2v) is 4.10. The van der Waals surface area contributed by atoms with E-state index < -0.39 is 0 Å². The zero-order valence-corrected chi connectivity index (χ0v) is 7.23. The van der Waals surface area contributed by atoms with Crippen LogP contribution in [-0.4, -0.2) is 25.8 Å². The third-order valence-electron chi connectivity index (χ3n) is 3.12. The molecule has 2 heterocycles. The molecule has 2 saturated heterocycles. The van der Waals surface area contributed by atoms with Crippen LogP contribution in [0.1, 0.15) is 26.2 Å². The Kier molecular flexibility index (Phi) is 1.90. The van der Waals surface area contributed by atoms with Gasteiger partial charge in [-0.1, -0.05) is 0 Å². The molecular formula is C9H17NO. The molecule has 1 atom stereocenters. The minimum Gasteiger partial charge on any atom is -0.381 e. The summed E-state index contributed by atoms with van der Waals surface area (Å²) in [5.74, 6) is 0. The predicted octanol–water partition coefficient (Wildman–Crippen LogP) is 1.17. The zero-order valence-electron chi connectivity index (χ0n) is 7.23. The number of hydrogen-bond donors (Lipinski definition) is 1. The van der Waals surface area contributed by atoms with Gasteiger partial charge in [0.25, 0.3) is 0 Å². The molecule has 0 unspecified atom stereocenters. The van der Waals surface area contributed by atoms with Crippen molar-refractivity contribution in [2.45, 2.75) is 32.2 Å². The van der Waals surface area contributed by atoms with Gasteiger partial charge in [0.15, 0.2) is 0 Å². The lowest BCUT2D eigenvalue weighted by Gasteiger charge is -2.32. The minimum atomic E-state index is 0.609. The fourth-order valence-electron chi connectivity index (χ4n) is 2.37. The van der Waals surface area contributed by atoms with Gasteiger partial charge < -0.3 is 10.1 Å². The zero-order chi connectivity index (χ0) is 7.73. The van der Waals surface area contributed by atoms with Gasteiger partial charge in [-0.2, -0.15) is 0 Å². The third kappa shape index (κ3) is 1.42. The van der Waals surface area contributed by atoms with Crippen molar-refractivity contribution in [2.24, 2.45) is 5.41 Å². The van der Waals surface area contributed by atoms with Crippen LogP contribution in [0.5, 0.6) is 0 Å². The van der Waals surface area contributed by atoms with Crippen LogP contribution >= 0.6 is 0 Å². The van der Waals surface area contributed by atoms with Gasteiger partial charge in [0.2, 0.25) is 0 Å². The van der Waals surface area contributed by atoms with Crippen LogP contribution in [0.15, 0.2) is 0 Å². The molecule has 2 aliphatic rings. The van der Waals surface area contributed by atoms with Crippen LogP contribution in [0.25, 0.3) is 0 Å². The molecule has 0 bridgehead atoms. The van der Waals surface area contributed by atoms with Crippen molar-refractivity contribution in [1.29, 1.82) is 0 Å². The highest BCUT2D eigenvalue weighted by atomic mass is 16.5. The maximum Gasteiger partial charge on any atom is 0.0471 e. The Morgan fingerprint density at radius 3 is 2.64 bits per heavy atom. The Labute approximate surface area is 68.3 Å². The van der Waals surface area contributed by atoms with E-state index in [0.717, 1.165) is 19.3 Å². The largest absolute Gasteiger partial charge is 0.381 e. The van der Waals surface area contributed by atoms with E-state index in [1.807, 2.05) is 0 Å². The Balaban J connectivity index is 1.98. The molecule has 2 fully saturated rings. The van der Waals surface area contributed by atoms with Gasteiger partial charge in [-0.05, 0) is 31.6 Å². The first kappa shape index (κ1) is 7.56. The normalized spacial score (nSPS) is 36.3. The Bertz CT molecular complexity index is 135. The maximum atomic E-state index is 5.36. The first-order chi connectivity index (χ1) is 5.31. The average Bonchev–Trinajstić information content (AvgIpc) is 2.34. The van der Waals surface area contributed by atoms with E-state index >= 15 is 0 Å². The van der Waals surface area contributed by atoms with Crippen molar-refractivity contribution in [3.63, 3.8) is 0 Å². The van der Waals surface area contributed by atoms with Crippen LogP contribution in [0.3, 0.4) is 0 Å². The van der Waals surface area contributed by atoms with Crippen LogP contribution in [-0.2, 0) is 4.74 Å². The molecule has 1 spiro atoms. The van der Waals surface area contributed by atoms with E-state index in [0.29, 0.717) is 5.41 Å². The Hall–Kier alpha value is -0.0800. The first-order valence-electron chi connectivity index (χ1n) is 4.62. The van der Waals surface area contributed by atoms with Crippen molar-refractivity contribution in [3.05, 3.63) is 0 Å². The van der Waals surface area contributed by atoms with Crippen molar-refractivity contribution in [2.75, 3.05) is 19.8 Å². The SMILES string of the molecule is C[C@@H]1CC2(CCOCC2)CN1. The Morgan fingerprint density at radius 1 is 1.36 bits per heavy atom. The number of rotatable bonds is 0. The lowest BCUT2D eigenvalue weighted by Crippen LogP contribution is -2.31. The fourth-order valence-corrected chi connectivity index (χ4v) is 2.37. The molecule has 0 aliphatic carbocycles. The monoisotopic (exact) mass is 155 g/mol. The van der Waals surface area contributed by atoms with Gasteiger partial charge in [0.05, 0.1) is 0 Å². The fraction of sp³-hybridized carbons (Fsp3) is 1.00. The summed E-state index contributed by atoms with van der Waals surface area (Å²) in [6, 6.07) is 0.730. The molecule has 2 rings (SSSR count). The molecule has 2 heteroatoms. The molecule has 2 nitrogen and oxygen atoms in total. The molecule has 1 N–H and O–H groups in total. The molecule has 64 valence electrons. The van der Waals surface area contributed by atoms with Crippen molar-refractivity contribution >= 4 is 0 Å². The van der Waals surface area contributed by atoms with Crippen LogP contribution in [0.4, 0.5) is 0 Å². The highest BCUT2D eigenvalue weighted by molar-refractivity contribution is 4.93. The predicted molar refractivity (Wildman–Crippen MR) is 44.6 cm³/mol. The van der Waals surface area contributed by atoms with E-state index in [4.69, 9.17) is 4.74 Å². The summed E-state index contributed by atoms with van der Waals surface area (Å²) >= 11 is 0. The highest BCUT2D eigenvalue weighted by Crippen LogP contribution is 2.38.